The third kappa shape index (κ3) is 4.47. The fourth-order valence-electron chi connectivity index (χ4n) is 2.82. The highest BCUT2D eigenvalue weighted by molar-refractivity contribution is 5.83. The van der Waals surface area contributed by atoms with Crippen LogP contribution < -0.4 is 16.4 Å². The number of hydrogen-bond donors (Lipinski definition) is 3. The first-order valence-corrected chi connectivity index (χ1v) is 7.53. The van der Waals surface area contributed by atoms with Crippen molar-refractivity contribution >= 4 is 11.8 Å². The molecule has 3 atom stereocenters. The zero-order chi connectivity index (χ0) is 15.3. The summed E-state index contributed by atoms with van der Waals surface area (Å²) in [4.78, 5) is 23.9. The molecule has 0 aromatic heterocycles. The zero-order valence-electron chi connectivity index (χ0n) is 13.2. The van der Waals surface area contributed by atoms with Gasteiger partial charge < -0.3 is 16.4 Å². The standard InChI is InChI=1S/C15H29N3O2/c1-10(11-6-5-7-12(16)8-11)13(19)18-9-15(2,3)14(20)17-4/h10-12H,5-9,16H2,1-4H3,(H,17,20)(H,18,19). The van der Waals surface area contributed by atoms with Gasteiger partial charge in [-0.3, -0.25) is 9.59 Å². The van der Waals surface area contributed by atoms with Crippen molar-refractivity contribution in [1.29, 1.82) is 0 Å². The second kappa shape index (κ2) is 7.07. The van der Waals surface area contributed by atoms with Crippen LogP contribution in [0.3, 0.4) is 0 Å². The van der Waals surface area contributed by atoms with E-state index < -0.39 is 5.41 Å². The van der Waals surface area contributed by atoms with E-state index in [0.717, 1.165) is 25.7 Å². The minimum absolute atomic E-state index is 0.0288. The molecule has 5 nitrogen and oxygen atoms in total. The Kier molecular flexibility index (Phi) is 5.99. The monoisotopic (exact) mass is 283 g/mol. The molecule has 1 fully saturated rings. The van der Waals surface area contributed by atoms with Crippen molar-refractivity contribution in [1.82, 2.24) is 10.6 Å². The molecular formula is C15H29N3O2. The molecule has 1 aliphatic carbocycles. The highest BCUT2D eigenvalue weighted by Gasteiger charge is 2.31. The Balaban J connectivity index is 2.47. The van der Waals surface area contributed by atoms with Gasteiger partial charge in [-0.15, -0.1) is 0 Å². The lowest BCUT2D eigenvalue weighted by Crippen LogP contribution is -2.46. The van der Waals surface area contributed by atoms with E-state index in [1.165, 1.54) is 0 Å². The number of nitrogens with one attached hydrogen (secondary N) is 2. The van der Waals surface area contributed by atoms with Gasteiger partial charge in [0, 0.05) is 25.6 Å². The largest absolute Gasteiger partial charge is 0.359 e. The first-order valence-electron chi connectivity index (χ1n) is 7.53. The van der Waals surface area contributed by atoms with E-state index in [0.29, 0.717) is 12.5 Å². The summed E-state index contributed by atoms with van der Waals surface area (Å²) in [5.41, 5.74) is 5.39. The minimum atomic E-state index is -0.590. The molecule has 4 N–H and O–H groups in total. The summed E-state index contributed by atoms with van der Waals surface area (Å²) in [6.45, 7) is 5.97. The minimum Gasteiger partial charge on any atom is -0.359 e. The molecule has 0 aliphatic heterocycles. The lowest BCUT2D eigenvalue weighted by molar-refractivity contribution is -0.130. The van der Waals surface area contributed by atoms with Gasteiger partial charge in [0.05, 0.1) is 5.41 Å². The fourth-order valence-corrected chi connectivity index (χ4v) is 2.82. The van der Waals surface area contributed by atoms with E-state index in [2.05, 4.69) is 10.6 Å². The number of nitrogens with two attached hydrogens (primary N) is 1. The van der Waals surface area contributed by atoms with E-state index in [1.807, 2.05) is 20.8 Å². The molecule has 5 heteroatoms. The van der Waals surface area contributed by atoms with Crippen molar-refractivity contribution in [2.75, 3.05) is 13.6 Å². The van der Waals surface area contributed by atoms with Gasteiger partial charge in [-0.25, -0.2) is 0 Å². The molecule has 2 amide bonds. The van der Waals surface area contributed by atoms with Crippen LogP contribution in [0.4, 0.5) is 0 Å². The van der Waals surface area contributed by atoms with E-state index >= 15 is 0 Å². The number of amides is 2. The molecule has 3 unspecified atom stereocenters. The van der Waals surface area contributed by atoms with Crippen molar-refractivity contribution in [3.8, 4) is 0 Å². The highest BCUT2D eigenvalue weighted by atomic mass is 16.2. The third-order valence-electron chi connectivity index (χ3n) is 4.42. The van der Waals surface area contributed by atoms with Crippen LogP contribution in [-0.2, 0) is 9.59 Å². The molecule has 1 rings (SSSR count). The number of carbonyl (C=O) groups is 2. The summed E-state index contributed by atoms with van der Waals surface area (Å²) in [5, 5.41) is 5.53. The highest BCUT2D eigenvalue weighted by Crippen LogP contribution is 2.29. The number of carbonyl (C=O) groups excluding carboxylic acids is 2. The topological polar surface area (TPSA) is 84.2 Å². The predicted octanol–water partition coefficient (Wildman–Crippen LogP) is 1.03. The van der Waals surface area contributed by atoms with Crippen LogP contribution in [0, 0.1) is 17.3 Å². The van der Waals surface area contributed by atoms with Crippen molar-refractivity contribution in [2.24, 2.45) is 23.0 Å². The molecular weight excluding hydrogens is 254 g/mol. The van der Waals surface area contributed by atoms with Gasteiger partial charge in [-0.1, -0.05) is 13.3 Å². The van der Waals surface area contributed by atoms with Crippen molar-refractivity contribution in [2.45, 2.75) is 52.5 Å². The fraction of sp³-hybridized carbons (Fsp3) is 0.867. The number of rotatable bonds is 5. The van der Waals surface area contributed by atoms with E-state index in [4.69, 9.17) is 5.73 Å². The quantitative estimate of drug-likeness (QED) is 0.704. The van der Waals surface area contributed by atoms with Crippen LogP contribution in [0.5, 0.6) is 0 Å². The van der Waals surface area contributed by atoms with E-state index in [9.17, 15) is 9.59 Å². The van der Waals surface area contributed by atoms with E-state index in [1.54, 1.807) is 7.05 Å². The molecule has 0 radical (unpaired) electrons. The first kappa shape index (κ1) is 17.0. The Morgan fingerprint density at radius 1 is 1.35 bits per heavy atom. The van der Waals surface area contributed by atoms with Gasteiger partial charge >= 0.3 is 0 Å². The SMILES string of the molecule is CNC(=O)C(C)(C)CNC(=O)C(C)C1CCCC(N)C1. The van der Waals surface area contributed by atoms with Crippen LogP contribution in [0.15, 0.2) is 0 Å². The Hall–Kier alpha value is -1.10. The van der Waals surface area contributed by atoms with Gasteiger partial charge in [-0.2, -0.15) is 0 Å². The van der Waals surface area contributed by atoms with Crippen LogP contribution >= 0.6 is 0 Å². The van der Waals surface area contributed by atoms with Crippen molar-refractivity contribution in [3.05, 3.63) is 0 Å². The van der Waals surface area contributed by atoms with Gasteiger partial charge in [0.15, 0.2) is 0 Å². The summed E-state index contributed by atoms with van der Waals surface area (Å²) in [6, 6.07) is 0.228. The van der Waals surface area contributed by atoms with Gasteiger partial charge in [0.2, 0.25) is 11.8 Å². The van der Waals surface area contributed by atoms with Crippen LogP contribution in [0.1, 0.15) is 46.5 Å². The van der Waals surface area contributed by atoms with E-state index in [-0.39, 0.29) is 23.8 Å². The van der Waals surface area contributed by atoms with Gasteiger partial charge in [0.25, 0.3) is 0 Å². The lowest BCUT2D eigenvalue weighted by atomic mass is 9.78. The van der Waals surface area contributed by atoms with Gasteiger partial charge in [0.1, 0.15) is 0 Å². The molecule has 0 aromatic rings. The molecule has 1 saturated carbocycles. The molecule has 0 spiro atoms. The van der Waals surface area contributed by atoms with Crippen LogP contribution in [0.2, 0.25) is 0 Å². The molecule has 20 heavy (non-hydrogen) atoms. The summed E-state index contributed by atoms with van der Waals surface area (Å²) >= 11 is 0. The lowest BCUT2D eigenvalue weighted by Gasteiger charge is -2.31. The third-order valence-corrected chi connectivity index (χ3v) is 4.42. The smallest absolute Gasteiger partial charge is 0.227 e. The summed E-state index contributed by atoms with van der Waals surface area (Å²) in [6.07, 6.45) is 4.16. The molecule has 116 valence electrons. The maximum atomic E-state index is 12.2. The summed E-state index contributed by atoms with van der Waals surface area (Å²) in [5.74, 6) is 0.287. The Morgan fingerprint density at radius 2 is 2.00 bits per heavy atom. The Morgan fingerprint density at radius 3 is 2.55 bits per heavy atom. The summed E-state index contributed by atoms with van der Waals surface area (Å²) in [7, 11) is 1.61. The summed E-state index contributed by atoms with van der Waals surface area (Å²) < 4.78 is 0. The zero-order valence-corrected chi connectivity index (χ0v) is 13.2. The second-order valence-corrected chi connectivity index (χ2v) is 6.66. The predicted molar refractivity (Wildman–Crippen MR) is 80.0 cm³/mol. The first-order chi connectivity index (χ1) is 9.27. The molecule has 0 bridgehead atoms. The Labute approximate surface area is 122 Å². The molecule has 0 aromatic carbocycles. The maximum absolute atomic E-state index is 12.2. The Bertz CT molecular complexity index is 355. The van der Waals surface area contributed by atoms with Gasteiger partial charge in [-0.05, 0) is 39.0 Å². The van der Waals surface area contributed by atoms with Crippen molar-refractivity contribution < 1.29 is 9.59 Å². The molecule has 0 heterocycles. The molecule has 1 aliphatic rings. The second-order valence-electron chi connectivity index (χ2n) is 6.66. The van der Waals surface area contributed by atoms with Crippen molar-refractivity contribution in [3.63, 3.8) is 0 Å². The average Bonchev–Trinajstić information content (AvgIpc) is 2.43. The van der Waals surface area contributed by atoms with Crippen LogP contribution in [-0.4, -0.2) is 31.4 Å². The van der Waals surface area contributed by atoms with Crippen LogP contribution in [0.25, 0.3) is 0 Å². The maximum Gasteiger partial charge on any atom is 0.227 e. The normalized spacial score (nSPS) is 24.9. The average molecular weight is 283 g/mol. The number of hydrogen-bond acceptors (Lipinski definition) is 3. The molecule has 0 saturated heterocycles.